The average Bonchev–Trinajstić information content (AvgIpc) is 3.63. The number of aryl methyl sites for hydroxylation is 3. The molecule has 0 radical (unpaired) electrons. The number of aliphatic hydroxyl groups excluding tert-OH is 1. The molecular weight excluding hydrogens is 621 g/mol. The summed E-state index contributed by atoms with van der Waals surface area (Å²) in [4.78, 5) is 39.2. The van der Waals surface area contributed by atoms with Gasteiger partial charge in [0, 0.05) is 27.5 Å². The van der Waals surface area contributed by atoms with Crippen LogP contribution >= 0.6 is 34.4 Å². The largest absolute Gasteiger partial charge is 0.457 e. The number of carbonyl (C=O) groups excluding carboxylic acids is 2. The second-order valence-corrected chi connectivity index (χ2v) is 17.3. The summed E-state index contributed by atoms with van der Waals surface area (Å²) in [5.41, 5.74) is 3.58. The van der Waals surface area contributed by atoms with E-state index in [-0.39, 0.29) is 23.7 Å². The van der Waals surface area contributed by atoms with Crippen LogP contribution in [0.4, 0.5) is 0 Å². The van der Waals surface area contributed by atoms with E-state index in [9.17, 15) is 14.7 Å². The Bertz CT molecular complexity index is 1500. The van der Waals surface area contributed by atoms with Crippen molar-refractivity contribution in [3.05, 3.63) is 61.0 Å². The molecule has 0 amide bonds. The van der Waals surface area contributed by atoms with Gasteiger partial charge in [-0.05, 0) is 66.7 Å². The number of nitrogens with zero attached hydrogens (tertiary/aromatic N) is 2. The Hall–Kier alpha value is -2.07. The van der Waals surface area contributed by atoms with Crippen molar-refractivity contribution < 1.29 is 19.4 Å². The van der Waals surface area contributed by atoms with E-state index in [2.05, 4.69) is 73.1 Å². The van der Waals surface area contributed by atoms with Crippen molar-refractivity contribution >= 4 is 46.2 Å². The van der Waals surface area contributed by atoms with Crippen molar-refractivity contribution in [3.63, 3.8) is 0 Å². The zero-order valence-corrected chi connectivity index (χ0v) is 31.0. The first-order valence-electron chi connectivity index (χ1n) is 16.1. The van der Waals surface area contributed by atoms with Crippen molar-refractivity contribution in [1.29, 1.82) is 0 Å². The molecule has 1 aliphatic rings. The normalized spacial score (nSPS) is 20.9. The molecule has 1 N–H and O–H groups in total. The molecule has 3 atom stereocenters. The summed E-state index contributed by atoms with van der Waals surface area (Å²) in [6, 6.07) is 4.02. The zero-order valence-electron chi connectivity index (χ0n) is 28.5. The first-order valence-corrected chi connectivity index (χ1v) is 18.8. The number of ketones is 1. The minimum Gasteiger partial charge on any atom is -0.457 e. The molecule has 3 heterocycles. The van der Waals surface area contributed by atoms with Gasteiger partial charge < -0.3 is 9.84 Å². The third-order valence-corrected chi connectivity index (χ3v) is 12.6. The van der Waals surface area contributed by atoms with Gasteiger partial charge in [0.2, 0.25) is 0 Å². The SMILES string of the molecule is Cc1cc(SC2C(=O)OC(CCc3csc(C(C)C)n3)(C(C)C)C(CCc3csc(C(C)C)n3)C2=O)c(C(C)(C)C)cc1CO. The molecule has 3 aromatic rings. The van der Waals surface area contributed by atoms with Crippen LogP contribution in [-0.2, 0) is 39.2 Å². The topological polar surface area (TPSA) is 89.4 Å². The molecule has 1 aliphatic heterocycles. The molecular formula is C36H50N2O4S3. The quantitative estimate of drug-likeness (QED) is 0.152. The molecule has 0 saturated carbocycles. The van der Waals surface area contributed by atoms with E-state index in [0.717, 1.165) is 43.0 Å². The van der Waals surface area contributed by atoms with Gasteiger partial charge in [-0.25, -0.2) is 9.97 Å². The lowest BCUT2D eigenvalue weighted by Gasteiger charge is -2.47. The van der Waals surface area contributed by atoms with Crippen molar-refractivity contribution in [2.45, 2.75) is 135 Å². The Morgan fingerprint density at radius 2 is 1.53 bits per heavy atom. The highest BCUT2D eigenvalue weighted by molar-refractivity contribution is 8.01. The Kier molecular flexibility index (Phi) is 11.4. The van der Waals surface area contributed by atoms with Crippen LogP contribution in [0.3, 0.4) is 0 Å². The Morgan fingerprint density at radius 1 is 0.956 bits per heavy atom. The first-order chi connectivity index (χ1) is 21.1. The maximum Gasteiger partial charge on any atom is 0.327 e. The molecule has 3 unspecified atom stereocenters. The average molecular weight is 671 g/mol. The number of ether oxygens (including phenoxy) is 1. The number of thiazole rings is 2. The number of thioether (sulfide) groups is 1. The Morgan fingerprint density at radius 3 is 2.02 bits per heavy atom. The fourth-order valence-electron chi connectivity index (χ4n) is 6.11. The van der Waals surface area contributed by atoms with E-state index in [1.165, 1.54) is 11.8 Å². The van der Waals surface area contributed by atoms with Crippen molar-refractivity contribution in [3.8, 4) is 0 Å². The van der Waals surface area contributed by atoms with Crippen LogP contribution < -0.4 is 0 Å². The minimum absolute atomic E-state index is 0.0595. The zero-order chi connectivity index (χ0) is 33.3. The molecule has 4 rings (SSSR count). The molecule has 9 heteroatoms. The summed E-state index contributed by atoms with van der Waals surface area (Å²) < 4.78 is 6.55. The van der Waals surface area contributed by atoms with Crippen LogP contribution in [-0.4, -0.2) is 37.7 Å². The molecule has 1 saturated heterocycles. The summed E-state index contributed by atoms with van der Waals surface area (Å²) in [7, 11) is 0. The summed E-state index contributed by atoms with van der Waals surface area (Å²) in [5, 5.41) is 15.4. The predicted octanol–water partition coefficient (Wildman–Crippen LogP) is 8.81. The molecule has 2 aromatic heterocycles. The molecule has 6 nitrogen and oxygen atoms in total. The molecule has 0 bridgehead atoms. The Balaban J connectivity index is 1.71. The maximum absolute atomic E-state index is 14.7. The molecule has 45 heavy (non-hydrogen) atoms. The fraction of sp³-hybridized carbons (Fsp3) is 0.611. The van der Waals surface area contributed by atoms with Crippen LogP contribution in [0.2, 0.25) is 0 Å². The smallest absolute Gasteiger partial charge is 0.327 e. The van der Waals surface area contributed by atoms with Gasteiger partial charge in [-0.1, -0.05) is 68.4 Å². The van der Waals surface area contributed by atoms with Crippen molar-refractivity contribution in [2.75, 3.05) is 0 Å². The lowest BCUT2D eigenvalue weighted by molar-refractivity contribution is -0.187. The number of hydrogen-bond donors (Lipinski definition) is 1. The number of aliphatic hydroxyl groups is 1. The number of rotatable bonds is 12. The van der Waals surface area contributed by atoms with E-state index >= 15 is 0 Å². The number of carbonyl (C=O) groups is 2. The van der Waals surface area contributed by atoms with Crippen LogP contribution in [0, 0.1) is 18.8 Å². The second kappa shape index (κ2) is 14.4. The van der Waals surface area contributed by atoms with Crippen LogP contribution in [0.25, 0.3) is 0 Å². The van der Waals surface area contributed by atoms with Crippen molar-refractivity contribution in [1.82, 2.24) is 9.97 Å². The number of esters is 1. The van der Waals surface area contributed by atoms with Gasteiger partial charge in [-0.15, -0.1) is 34.4 Å². The number of aromatic nitrogens is 2. The van der Waals surface area contributed by atoms with Gasteiger partial charge in [0.05, 0.1) is 33.9 Å². The molecule has 1 aromatic carbocycles. The van der Waals surface area contributed by atoms with Crippen LogP contribution in [0.1, 0.15) is 125 Å². The van der Waals surface area contributed by atoms with Gasteiger partial charge in [0.15, 0.2) is 11.0 Å². The summed E-state index contributed by atoms with van der Waals surface area (Å²) in [6.07, 6.45) is 2.39. The second-order valence-electron chi connectivity index (χ2n) is 14.4. The highest BCUT2D eigenvalue weighted by Gasteiger charge is 2.56. The number of cyclic esters (lactones) is 1. The standard InChI is InChI=1S/C36H50N2O4S3/c1-20(2)32-37-25(18-43-32)11-12-27-30(40)31(45-29-15-23(7)24(17-39)16-28(29)35(8,9)10)34(41)42-36(27,22(5)6)14-13-26-19-44-33(38-26)21(3)4/h15-16,18-22,27,31,39H,11-14,17H2,1-10H3. The number of benzene rings is 1. The van der Waals surface area contributed by atoms with Gasteiger partial charge >= 0.3 is 5.97 Å². The maximum atomic E-state index is 14.7. The van der Waals surface area contributed by atoms with E-state index in [4.69, 9.17) is 14.7 Å². The highest BCUT2D eigenvalue weighted by Crippen LogP contribution is 2.47. The van der Waals surface area contributed by atoms with Crippen LogP contribution in [0.5, 0.6) is 0 Å². The third kappa shape index (κ3) is 7.91. The van der Waals surface area contributed by atoms with Crippen LogP contribution in [0.15, 0.2) is 27.8 Å². The van der Waals surface area contributed by atoms with E-state index < -0.39 is 22.7 Å². The summed E-state index contributed by atoms with van der Waals surface area (Å²) in [5.74, 6) is -0.365. The summed E-state index contributed by atoms with van der Waals surface area (Å²) in [6.45, 7) is 20.9. The highest BCUT2D eigenvalue weighted by atomic mass is 32.2. The molecule has 1 fully saturated rings. The van der Waals surface area contributed by atoms with Crippen molar-refractivity contribution in [2.24, 2.45) is 11.8 Å². The van der Waals surface area contributed by atoms with E-state index in [1.807, 2.05) is 19.1 Å². The fourth-order valence-corrected chi connectivity index (χ4v) is 9.26. The van der Waals surface area contributed by atoms with Gasteiger partial charge in [0.25, 0.3) is 0 Å². The molecule has 0 spiro atoms. The first kappa shape index (κ1) is 35.8. The number of Topliss-reactive ketones (excluding diaryl/α,β-unsaturated/α-hetero) is 1. The third-order valence-electron chi connectivity index (χ3n) is 8.92. The van der Waals surface area contributed by atoms with E-state index in [0.29, 0.717) is 37.5 Å². The minimum atomic E-state index is -0.962. The van der Waals surface area contributed by atoms with Gasteiger partial charge in [0.1, 0.15) is 5.60 Å². The predicted molar refractivity (Wildman–Crippen MR) is 187 cm³/mol. The van der Waals surface area contributed by atoms with Gasteiger partial charge in [-0.2, -0.15) is 0 Å². The van der Waals surface area contributed by atoms with E-state index in [1.54, 1.807) is 22.7 Å². The molecule has 246 valence electrons. The molecule has 0 aliphatic carbocycles. The lowest BCUT2D eigenvalue weighted by Crippen LogP contribution is -2.59. The lowest BCUT2D eigenvalue weighted by atomic mass is 9.69. The summed E-state index contributed by atoms with van der Waals surface area (Å²) >= 11 is 4.63. The Labute approximate surface area is 281 Å². The number of hydrogen-bond acceptors (Lipinski definition) is 9. The monoisotopic (exact) mass is 670 g/mol. The van der Waals surface area contributed by atoms with Gasteiger partial charge in [-0.3, -0.25) is 9.59 Å².